The monoisotopic (exact) mass is 405 g/mol. The zero-order valence-corrected chi connectivity index (χ0v) is 17.3. The fourth-order valence-electron chi connectivity index (χ4n) is 3.59. The molecule has 3 heterocycles. The number of aryl methyl sites for hydroxylation is 1. The van der Waals surface area contributed by atoms with E-state index in [1.807, 2.05) is 0 Å². The van der Waals surface area contributed by atoms with Gasteiger partial charge in [-0.05, 0) is 52.5 Å². The number of amides is 1. The zero-order valence-electron chi connectivity index (χ0n) is 17.3. The van der Waals surface area contributed by atoms with Crippen LogP contribution in [0.4, 0.5) is 9.18 Å². The van der Waals surface area contributed by atoms with Gasteiger partial charge < -0.3 is 19.5 Å². The van der Waals surface area contributed by atoms with Crippen molar-refractivity contribution in [3.8, 4) is 5.88 Å². The molecular formula is C21H28FN3O4. The van der Waals surface area contributed by atoms with Crippen molar-refractivity contribution >= 4 is 17.1 Å². The number of carbonyl (C=O) groups is 1. The van der Waals surface area contributed by atoms with E-state index in [1.54, 1.807) is 37.8 Å². The summed E-state index contributed by atoms with van der Waals surface area (Å²) in [7, 11) is 1.51. The van der Waals surface area contributed by atoms with Gasteiger partial charge in [0.2, 0.25) is 5.88 Å². The van der Waals surface area contributed by atoms with Crippen molar-refractivity contribution in [3.05, 3.63) is 29.7 Å². The quantitative estimate of drug-likeness (QED) is 0.838. The third-order valence-electron chi connectivity index (χ3n) is 4.99. The molecule has 1 saturated heterocycles. The number of halogens is 1. The number of fused-ring (bicyclic) bond motifs is 1. The second kappa shape index (κ2) is 8.49. The van der Waals surface area contributed by atoms with Gasteiger partial charge in [0.1, 0.15) is 11.4 Å². The topological polar surface area (TPSA) is 84.8 Å². The second-order valence-corrected chi connectivity index (χ2v) is 8.36. The number of carbonyl (C=O) groups excluding carboxylic acids is 1. The fraction of sp³-hybridized carbons (Fsp3) is 0.571. The number of β-amino-alcohol motifs (C(OH)–C–C–N with tert-alkyl or cyclic N) is 1. The fourth-order valence-corrected chi connectivity index (χ4v) is 3.59. The smallest absolute Gasteiger partial charge is 0.410 e. The van der Waals surface area contributed by atoms with Crippen LogP contribution < -0.4 is 4.74 Å². The summed E-state index contributed by atoms with van der Waals surface area (Å²) < 4.78 is 25.2. The predicted molar refractivity (Wildman–Crippen MR) is 106 cm³/mol. The van der Waals surface area contributed by atoms with Crippen molar-refractivity contribution in [2.45, 2.75) is 64.2 Å². The van der Waals surface area contributed by atoms with Crippen LogP contribution in [0.1, 0.15) is 45.6 Å². The van der Waals surface area contributed by atoms with Gasteiger partial charge in [0.05, 0.1) is 37.0 Å². The van der Waals surface area contributed by atoms with Crippen molar-refractivity contribution in [1.29, 1.82) is 0 Å². The van der Waals surface area contributed by atoms with E-state index >= 15 is 0 Å². The molecule has 3 rings (SSSR count). The lowest BCUT2D eigenvalue weighted by molar-refractivity contribution is -0.0141. The molecule has 0 saturated carbocycles. The van der Waals surface area contributed by atoms with E-state index < -0.39 is 23.6 Å². The molecule has 0 aromatic carbocycles. The number of ether oxygens (including phenoxy) is 2. The largest absolute Gasteiger partial charge is 0.481 e. The van der Waals surface area contributed by atoms with Gasteiger partial charge in [0, 0.05) is 17.7 Å². The summed E-state index contributed by atoms with van der Waals surface area (Å²) in [6.45, 7) is 5.62. The molecule has 0 spiro atoms. The van der Waals surface area contributed by atoms with E-state index in [-0.39, 0.29) is 12.6 Å². The molecule has 8 heteroatoms. The summed E-state index contributed by atoms with van der Waals surface area (Å²) in [6, 6.07) is 3.28. The lowest BCUT2D eigenvalue weighted by atomic mass is 9.94. The normalized spacial score (nSPS) is 20.0. The molecule has 0 radical (unpaired) electrons. The minimum Gasteiger partial charge on any atom is -0.481 e. The Morgan fingerprint density at radius 2 is 2.10 bits per heavy atom. The van der Waals surface area contributed by atoms with Crippen LogP contribution in [0.2, 0.25) is 0 Å². The number of likely N-dealkylation sites (tertiary alicyclic amines) is 1. The first-order chi connectivity index (χ1) is 13.7. The Labute approximate surface area is 169 Å². The van der Waals surface area contributed by atoms with Crippen LogP contribution in [0.25, 0.3) is 11.0 Å². The highest BCUT2D eigenvalue weighted by molar-refractivity contribution is 5.78. The standard InChI is InChI=1S/C21H28FN3O4/c1-21(2,3)29-20(27)25-12-14(26)7-5-13(25)6-8-15-16(22)11-23-17-9-10-18(28-4)24-19(15)17/h9-11,13-14,26H,5-8,12H2,1-4H3/t13-,14+/m1/s1. The van der Waals surface area contributed by atoms with E-state index in [0.717, 1.165) is 0 Å². The predicted octanol–water partition coefficient (Wildman–Crippen LogP) is 3.47. The Morgan fingerprint density at radius 3 is 2.79 bits per heavy atom. The number of aliphatic hydroxyl groups excluding tert-OH is 1. The lowest BCUT2D eigenvalue weighted by Gasteiger charge is -2.38. The van der Waals surface area contributed by atoms with Gasteiger partial charge in [0.15, 0.2) is 0 Å². The van der Waals surface area contributed by atoms with Crippen LogP contribution in [0.3, 0.4) is 0 Å². The summed E-state index contributed by atoms with van der Waals surface area (Å²) in [5, 5.41) is 10.0. The number of methoxy groups -OCH3 is 1. The Bertz CT molecular complexity index is 884. The van der Waals surface area contributed by atoms with Crippen molar-refractivity contribution in [3.63, 3.8) is 0 Å². The molecule has 1 aliphatic rings. The average molecular weight is 405 g/mol. The van der Waals surface area contributed by atoms with Crippen LogP contribution in [0, 0.1) is 5.82 Å². The number of hydrogen-bond acceptors (Lipinski definition) is 6. The molecule has 1 amide bonds. The van der Waals surface area contributed by atoms with E-state index in [0.29, 0.717) is 48.2 Å². The maximum atomic E-state index is 14.6. The minimum absolute atomic E-state index is 0.151. The number of nitrogens with zero attached hydrogens (tertiary/aromatic N) is 3. The Balaban J connectivity index is 1.81. The van der Waals surface area contributed by atoms with E-state index in [2.05, 4.69) is 9.97 Å². The van der Waals surface area contributed by atoms with Gasteiger partial charge in [-0.1, -0.05) is 0 Å². The van der Waals surface area contributed by atoms with Crippen molar-refractivity contribution in [1.82, 2.24) is 14.9 Å². The molecule has 0 unspecified atom stereocenters. The molecule has 7 nitrogen and oxygen atoms in total. The highest BCUT2D eigenvalue weighted by Gasteiger charge is 2.33. The van der Waals surface area contributed by atoms with Gasteiger partial charge in [-0.3, -0.25) is 4.98 Å². The molecule has 1 fully saturated rings. The summed E-state index contributed by atoms with van der Waals surface area (Å²) in [4.78, 5) is 22.6. The molecule has 1 N–H and O–H groups in total. The third-order valence-corrected chi connectivity index (χ3v) is 4.99. The van der Waals surface area contributed by atoms with Gasteiger partial charge in [-0.2, -0.15) is 0 Å². The SMILES string of the molecule is COc1ccc2ncc(F)c(CC[C@H]3CC[C@H](O)CN3C(=O)OC(C)(C)C)c2n1. The zero-order chi connectivity index (χ0) is 21.2. The van der Waals surface area contributed by atoms with E-state index in [4.69, 9.17) is 9.47 Å². The van der Waals surface area contributed by atoms with E-state index in [9.17, 15) is 14.3 Å². The van der Waals surface area contributed by atoms with Crippen molar-refractivity contribution in [2.75, 3.05) is 13.7 Å². The molecular weight excluding hydrogens is 377 g/mol. The number of piperidine rings is 1. The number of pyridine rings is 2. The van der Waals surface area contributed by atoms with Gasteiger partial charge in [-0.25, -0.2) is 14.2 Å². The average Bonchev–Trinajstić information content (AvgIpc) is 2.66. The Hall–Kier alpha value is -2.48. The van der Waals surface area contributed by atoms with Crippen LogP contribution in [0.15, 0.2) is 18.3 Å². The molecule has 2 aromatic heterocycles. The van der Waals surface area contributed by atoms with Crippen molar-refractivity contribution in [2.24, 2.45) is 0 Å². The summed E-state index contributed by atoms with van der Waals surface area (Å²) >= 11 is 0. The maximum Gasteiger partial charge on any atom is 0.410 e. The number of rotatable bonds is 4. The maximum absolute atomic E-state index is 14.6. The first-order valence-corrected chi connectivity index (χ1v) is 9.83. The van der Waals surface area contributed by atoms with Crippen LogP contribution >= 0.6 is 0 Å². The minimum atomic E-state index is -0.627. The van der Waals surface area contributed by atoms with Gasteiger partial charge >= 0.3 is 6.09 Å². The molecule has 29 heavy (non-hydrogen) atoms. The van der Waals surface area contributed by atoms with E-state index in [1.165, 1.54) is 13.3 Å². The first-order valence-electron chi connectivity index (χ1n) is 9.83. The first kappa shape index (κ1) is 21.2. The Morgan fingerprint density at radius 1 is 1.34 bits per heavy atom. The number of aromatic nitrogens is 2. The summed E-state index contributed by atoms with van der Waals surface area (Å²) in [6.07, 6.45) is 2.29. The summed E-state index contributed by atoms with van der Waals surface area (Å²) in [5.74, 6) is -0.0414. The molecule has 0 aliphatic carbocycles. The highest BCUT2D eigenvalue weighted by Crippen LogP contribution is 2.27. The van der Waals surface area contributed by atoms with Gasteiger partial charge in [-0.15, -0.1) is 0 Å². The summed E-state index contributed by atoms with van der Waals surface area (Å²) in [5.41, 5.74) is 0.871. The lowest BCUT2D eigenvalue weighted by Crippen LogP contribution is -2.50. The molecule has 1 aliphatic heterocycles. The van der Waals surface area contributed by atoms with Crippen LogP contribution in [0.5, 0.6) is 5.88 Å². The van der Waals surface area contributed by atoms with Crippen molar-refractivity contribution < 1.29 is 23.8 Å². The number of hydrogen-bond donors (Lipinski definition) is 1. The third kappa shape index (κ3) is 5.12. The molecule has 0 bridgehead atoms. The molecule has 2 aromatic rings. The van der Waals surface area contributed by atoms with Gasteiger partial charge in [0.25, 0.3) is 0 Å². The highest BCUT2D eigenvalue weighted by atomic mass is 19.1. The second-order valence-electron chi connectivity index (χ2n) is 8.36. The van der Waals surface area contributed by atoms with Crippen LogP contribution in [-0.2, 0) is 11.2 Å². The number of aliphatic hydroxyl groups is 1. The van der Waals surface area contributed by atoms with Crippen LogP contribution in [-0.4, -0.2) is 57.5 Å². The molecule has 2 atom stereocenters. The Kier molecular flexibility index (Phi) is 6.21. The molecule has 158 valence electrons.